The molecule has 0 bridgehead atoms. The molecule has 1 aromatic rings. The number of alkyl halides is 1. The van der Waals surface area contributed by atoms with E-state index in [2.05, 4.69) is 0 Å². The SMILES string of the molecule is O[C@@H](CCl)c1ccc(Cl)cc1F. The van der Waals surface area contributed by atoms with Crippen LogP contribution in [-0.2, 0) is 0 Å². The predicted molar refractivity (Wildman–Crippen MR) is 47.1 cm³/mol. The molecule has 4 heteroatoms. The van der Waals surface area contributed by atoms with Gasteiger partial charge in [-0.1, -0.05) is 17.7 Å². The fourth-order valence-electron chi connectivity index (χ4n) is 0.855. The average molecular weight is 209 g/mol. The van der Waals surface area contributed by atoms with Gasteiger partial charge in [-0.05, 0) is 12.1 Å². The Morgan fingerprint density at radius 2 is 2.17 bits per heavy atom. The first-order chi connectivity index (χ1) is 5.65. The molecule has 0 fully saturated rings. The molecule has 0 aliphatic carbocycles. The van der Waals surface area contributed by atoms with Gasteiger partial charge in [-0.25, -0.2) is 4.39 Å². The molecule has 0 aliphatic heterocycles. The highest BCUT2D eigenvalue weighted by molar-refractivity contribution is 6.30. The maximum absolute atomic E-state index is 13.0. The number of hydrogen-bond donors (Lipinski definition) is 1. The van der Waals surface area contributed by atoms with Crippen LogP contribution in [0, 0.1) is 5.82 Å². The summed E-state index contributed by atoms with van der Waals surface area (Å²) in [4.78, 5) is 0. The quantitative estimate of drug-likeness (QED) is 0.742. The smallest absolute Gasteiger partial charge is 0.130 e. The molecule has 1 atom stereocenters. The molecule has 66 valence electrons. The zero-order valence-electron chi connectivity index (χ0n) is 6.10. The second-order valence-electron chi connectivity index (χ2n) is 2.34. The Balaban J connectivity index is 3.01. The fraction of sp³-hybridized carbons (Fsp3) is 0.250. The van der Waals surface area contributed by atoms with E-state index in [0.29, 0.717) is 5.02 Å². The van der Waals surface area contributed by atoms with Crippen LogP contribution >= 0.6 is 23.2 Å². The largest absolute Gasteiger partial charge is 0.387 e. The molecule has 1 N–H and O–H groups in total. The van der Waals surface area contributed by atoms with Crippen LogP contribution in [-0.4, -0.2) is 11.0 Å². The normalized spacial score (nSPS) is 13.0. The minimum atomic E-state index is -0.969. The third-order valence-corrected chi connectivity index (χ3v) is 2.00. The molecule has 12 heavy (non-hydrogen) atoms. The van der Waals surface area contributed by atoms with Crippen molar-refractivity contribution in [2.24, 2.45) is 0 Å². The Kier molecular flexibility index (Phi) is 3.32. The van der Waals surface area contributed by atoms with Gasteiger partial charge in [0.2, 0.25) is 0 Å². The number of rotatable bonds is 2. The molecule has 0 radical (unpaired) electrons. The number of benzene rings is 1. The van der Waals surface area contributed by atoms with Gasteiger partial charge in [-0.2, -0.15) is 0 Å². The third-order valence-electron chi connectivity index (χ3n) is 1.47. The summed E-state index contributed by atoms with van der Waals surface area (Å²) >= 11 is 10.9. The van der Waals surface area contributed by atoms with Crippen molar-refractivity contribution in [1.29, 1.82) is 0 Å². The molecule has 0 amide bonds. The van der Waals surface area contributed by atoms with Crippen LogP contribution in [0.5, 0.6) is 0 Å². The monoisotopic (exact) mass is 208 g/mol. The molecule has 0 spiro atoms. The zero-order chi connectivity index (χ0) is 9.14. The summed E-state index contributed by atoms with van der Waals surface area (Å²) in [5, 5.41) is 9.49. The summed E-state index contributed by atoms with van der Waals surface area (Å²) < 4.78 is 13.0. The molecule has 0 aromatic heterocycles. The van der Waals surface area contributed by atoms with Crippen molar-refractivity contribution in [1.82, 2.24) is 0 Å². The van der Waals surface area contributed by atoms with Crippen molar-refractivity contribution in [3.63, 3.8) is 0 Å². The summed E-state index contributed by atoms with van der Waals surface area (Å²) in [7, 11) is 0. The predicted octanol–water partition coefficient (Wildman–Crippen LogP) is 2.75. The highest BCUT2D eigenvalue weighted by atomic mass is 35.5. The van der Waals surface area contributed by atoms with Crippen molar-refractivity contribution in [2.75, 3.05) is 5.88 Å². The molecule has 0 unspecified atom stereocenters. The Morgan fingerprint density at radius 1 is 1.50 bits per heavy atom. The van der Waals surface area contributed by atoms with E-state index in [9.17, 15) is 9.50 Å². The van der Waals surface area contributed by atoms with Gasteiger partial charge in [-0.15, -0.1) is 11.6 Å². The first kappa shape index (κ1) is 9.78. The lowest BCUT2D eigenvalue weighted by molar-refractivity contribution is 0.197. The molecule has 0 saturated carbocycles. The Hall–Kier alpha value is -0.310. The average Bonchev–Trinajstić information content (AvgIpc) is 2.03. The van der Waals surface area contributed by atoms with Crippen molar-refractivity contribution in [3.8, 4) is 0 Å². The van der Waals surface area contributed by atoms with Crippen LogP contribution in [0.2, 0.25) is 5.02 Å². The second-order valence-corrected chi connectivity index (χ2v) is 3.08. The lowest BCUT2D eigenvalue weighted by atomic mass is 10.1. The van der Waals surface area contributed by atoms with Gasteiger partial charge >= 0.3 is 0 Å². The molecule has 0 aliphatic rings. The van der Waals surface area contributed by atoms with E-state index in [1.54, 1.807) is 0 Å². The number of aliphatic hydroxyl groups is 1. The van der Waals surface area contributed by atoms with E-state index in [4.69, 9.17) is 23.2 Å². The summed E-state index contributed by atoms with van der Waals surface area (Å²) in [6.45, 7) is 0. The first-order valence-corrected chi connectivity index (χ1v) is 4.25. The van der Waals surface area contributed by atoms with Crippen LogP contribution < -0.4 is 0 Å². The summed E-state index contributed by atoms with van der Waals surface area (Å²) in [5.41, 5.74) is 0.175. The van der Waals surface area contributed by atoms with E-state index in [1.165, 1.54) is 12.1 Å². The van der Waals surface area contributed by atoms with E-state index >= 15 is 0 Å². The van der Waals surface area contributed by atoms with E-state index in [1.807, 2.05) is 0 Å². The lowest BCUT2D eigenvalue weighted by Crippen LogP contribution is -2.01. The van der Waals surface area contributed by atoms with Gasteiger partial charge in [0, 0.05) is 10.6 Å². The van der Waals surface area contributed by atoms with Gasteiger partial charge in [-0.3, -0.25) is 0 Å². The maximum atomic E-state index is 13.0. The van der Waals surface area contributed by atoms with Crippen molar-refractivity contribution in [2.45, 2.75) is 6.10 Å². The molecule has 1 nitrogen and oxygen atoms in total. The Labute approximate surface area is 79.7 Å². The Morgan fingerprint density at radius 3 is 2.67 bits per heavy atom. The van der Waals surface area contributed by atoms with Gasteiger partial charge < -0.3 is 5.11 Å². The number of halogens is 3. The lowest BCUT2D eigenvalue weighted by Gasteiger charge is -2.07. The standard InChI is InChI=1S/C8H7Cl2FO/c9-4-8(12)6-2-1-5(10)3-7(6)11/h1-3,8,12H,4H2/t8-/m0/s1. The Bertz CT molecular complexity index is 278. The molecular formula is C8H7Cl2FO. The first-order valence-electron chi connectivity index (χ1n) is 3.34. The maximum Gasteiger partial charge on any atom is 0.130 e. The summed E-state index contributed by atoms with van der Waals surface area (Å²) in [5.74, 6) is -0.561. The van der Waals surface area contributed by atoms with Gasteiger partial charge in [0.15, 0.2) is 0 Å². The second kappa shape index (κ2) is 4.08. The minimum Gasteiger partial charge on any atom is -0.387 e. The number of aliphatic hydroxyl groups excluding tert-OH is 1. The van der Waals surface area contributed by atoms with Gasteiger partial charge in [0.05, 0.1) is 12.0 Å². The van der Waals surface area contributed by atoms with Crippen molar-refractivity contribution in [3.05, 3.63) is 34.6 Å². The van der Waals surface area contributed by atoms with Crippen molar-refractivity contribution >= 4 is 23.2 Å². The zero-order valence-corrected chi connectivity index (χ0v) is 7.61. The van der Waals surface area contributed by atoms with Crippen LogP contribution in [0.15, 0.2) is 18.2 Å². The summed E-state index contributed by atoms with van der Waals surface area (Å²) in [6.07, 6.45) is -0.969. The van der Waals surface area contributed by atoms with E-state index < -0.39 is 11.9 Å². The third kappa shape index (κ3) is 2.09. The van der Waals surface area contributed by atoms with Gasteiger partial charge in [0.25, 0.3) is 0 Å². The van der Waals surface area contributed by atoms with Crippen LogP contribution in [0.3, 0.4) is 0 Å². The summed E-state index contributed by atoms with van der Waals surface area (Å²) in [6, 6.07) is 4.08. The molecule has 1 rings (SSSR count). The van der Waals surface area contributed by atoms with Gasteiger partial charge in [0.1, 0.15) is 5.82 Å². The van der Waals surface area contributed by atoms with Crippen LogP contribution in [0.25, 0.3) is 0 Å². The van der Waals surface area contributed by atoms with E-state index in [-0.39, 0.29) is 11.4 Å². The molecule has 0 saturated heterocycles. The van der Waals surface area contributed by atoms with Crippen LogP contribution in [0.4, 0.5) is 4.39 Å². The fourth-order valence-corrected chi connectivity index (χ4v) is 1.18. The minimum absolute atomic E-state index is 0.0292. The van der Waals surface area contributed by atoms with Crippen LogP contribution in [0.1, 0.15) is 11.7 Å². The topological polar surface area (TPSA) is 20.2 Å². The highest BCUT2D eigenvalue weighted by Gasteiger charge is 2.11. The molecule has 0 heterocycles. The highest BCUT2D eigenvalue weighted by Crippen LogP contribution is 2.21. The molecular weight excluding hydrogens is 202 g/mol. The molecule has 1 aromatic carbocycles. The van der Waals surface area contributed by atoms with Crippen molar-refractivity contribution < 1.29 is 9.50 Å². The number of hydrogen-bond acceptors (Lipinski definition) is 1. The van der Waals surface area contributed by atoms with E-state index in [0.717, 1.165) is 6.07 Å².